The zero-order chi connectivity index (χ0) is 11.4. The summed E-state index contributed by atoms with van der Waals surface area (Å²) < 4.78 is 5.32. The fourth-order valence-corrected chi connectivity index (χ4v) is 1.96. The largest absolute Gasteiger partial charge is 0.339 e. The van der Waals surface area contributed by atoms with E-state index in [1.54, 1.807) is 0 Å². The topological polar surface area (TPSA) is 38.9 Å². The molecule has 1 aromatic rings. The molecule has 2 rings (SSSR count). The van der Waals surface area contributed by atoms with Gasteiger partial charge in [-0.3, -0.25) is 0 Å². The molecule has 1 unspecified atom stereocenters. The van der Waals surface area contributed by atoms with Crippen LogP contribution in [0.5, 0.6) is 0 Å². The molecule has 0 amide bonds. The second-order valence-corrected chi connectivity index (χ2v) is 5.02. The van der Waals surface area contributed by atoms with Crippen molar-refractivity contribution < 1.29 is 4.52 Å². The van der Waals surface area contributed by atoms with E-state index in [1.165, 1.54) is 44.9 Å². The molecule has 0 aromatic carbocycles. The van der Waals surface area contributed by atoms with E-state index >= 15 is 0 Å². The van der Waals surface area contributed by atoms with Crippen molar-refractivity contribution in [3.63, 3.8) is 0 Å². The molecule has 3 heteroatoms. The minimum atomic E-state index is 0.428. The van der Waals surface area contributed by atoms with E-state index in [-0.39, 0.29) is 0 Å². The summed E-state index contributed by atoms with van der Waals surface area (Å²) in [4.78, 5) is 4.49. The van der Waals surface area contributed by atoms with Gasteiger partial charge in [0.25, 0.3) is 0 Å². The number of rotatable bonds is 7. The molecular formula is C13H22N2O. The molecule has 0 N–H and O–H groups in total. The maximum Gasteiger partial charge on any atom is 0.229 e. The number of nitrogens with zero attached hydrogens (tertiary/aromatic N) is 2. The van der Waals surface area contributed by atoms with E-state index in [2.05, 4.69) is 24.0 Å². The van der Waals surface area contributed by atoms with Crippen LogP contribution in [0, 0.1) is 0 Å². The summed E-state index contributed by atoms with van der Waals surface area (Å²) in [6, 6.07) is 0. The molecule has 1 aliphatic carbocycles. The van der Waals surface area contributed by atoms with Gasteiger partial charge >= 0.3 is 0 Å². The summed E-state index contributed by atoms with van der Waals surface area (Å²) in [5, 5.41) is 4.06. The highest BCUT2D eigenvalue weighted by Crippen LogP contribution is 2.38. The lowest BCUT2D eigenvalue weighted by Crippen LogP contribution is -1.94. The lowest BCUT2D eigenvalue weighted by molar-refractivity contribution is 0.346. The molecule has 0 aliphatic heterocycles. The van der Waals surface area contributed by atoms with Crippen molar-refractivity contribution in [2.24, 2.45) is 0 Å². The normalized spacial score (nSPS) is 17.6. The van der Waals surface area contributed by atoms with E-state index in [9.17, 15) is 0 Å². The molecule has 1 atom stereocenters. The van der Waals surface area contributed by atoms with Crippen LogP contribution in [0.25, 0.3) is 0 Å². The van der Waals surface area contributed by atoms with E-state index in [0.717, 1.165) is 11.7 Å². The fraction of sp³-hybridized carbons (Fsp3) is 0.846. The molecule has 0 bridgehead atoms. The predicted octanol–water partition coefficient (Wildman–Crippen LogP) is 4.02. The van der Waals surface area contributed by atoms with Gasteiger partial charge in [0.1, 0.15) is 0 Å². The molecule has 0 spiro atoms. The van der Waals surface area contributed by atoms with E-state index < -0.39 is 0 Å². The van der Waals surface area contributed by atoms with Crippen LogP contribution >= 0.6 is 0 Å². The first-order chi connectivity index (χ1) is 7.81. The van der Waals surface area contributed by atoms with Gasteiger partial charge in [0.05, 0.1) is 0 Å². The number of hydrogen-bond donors (Lipinski definition) is 0. The Morgan fingerprint density at radius 3 is 2.81 bits per heavy atom. The molecular weight excluding hydrogens is 200 g/mol. The van der Waals surface area contributed by atoms with E-state index in [1.807, 2.05) is 0 Å². The van der Waals surface area contributed by atoms with Gasteiger partial charge in [0.2, 0.25) is 5.89 Å². The third kappa shape index (κ3) is 3.06. The summed E-state index contributed by atoms with van der Waals surface area (Å²) in [5.74, 6) is 2.82. The van der Waals surface area contributed by atoms with Gasteiger partial charge in [-0.15, -0.1) is 0 Å². The summed E-state index contributed by atoms with van der Waals surface area (Å²) in [5.41, 5.74) is 0. The van der Waals surface area contributed by atoms with Gasteiger partial charge < -0.3 is 4.52 Å². The maximum absolute atomic E-state index is 5.32. The smallest absolute Gasteiger partial charge is 0.229 e. The average Bonchev–Trinajstić information content (AvgIpc) is 3.02. The zero-order valence-corrected chi connectivity index (χ0v) is 10.4. The molecule has 0 radical (unpaired) electrons. The van der Waals surface area contributed by atoms with Crippen LogP contribution in [-0.2, 0) is 0 Å². The van der Waals surface area contributed by atoms with Crippen molar-refractivity contribution in [2.45, 2.75) is 70.6 Å². The van der Waals surface area contributed by atoms with Crippen molar-refractivity contribution in [1.29, 1.82) is 0 Å². The Morgan fingerprint density at radius 2 is 2.12 bits per heavy atom. The van der Waals surface area contributed by atoms with Gasteiger partial charge in [-0.25, -0.2) is 0 Å². The summed E-state index contributed by atoms with van der Waals surface area (Å²) >= 11 is 0. The zero-order valence-electron chi connectivity index (χ0n) is 10.4. The minimum absolute atomic E-state index is 0.428. The number of aromatic nitrogens is 2. The molecule has 1 saturated carbocycles. The molecule has 16 heavy (non-hydrogen) atoms. The quantitative estimate of drug-likeness (QED) is 0.654. The summed E-state index contributed by atoms with van der Waals surface area (Å²) in [7, 11) is 0. The fourth-order valence-electron chi connectivity index (χ4n) is 1.96. The monoisotopic (exact) mass is 222 g/mol. The number of unbranched alkanes of at least 4 members (excludes halogenated alkanes) is 3. The Balaban J connectivity index is 1.76. The van der Waals surface area contributed by atoms with Crippen molar-refractivity contribution >= 4 is 0 Å². The van der Waals surface area contributed by atoms with Gasteiger partial charge in [0, 0.05) is 11.8 Å². The Bertz CT molecular complexity index is 317. The maximum atomic E-state index is 5.32. The Kier molecular flexibility index (Phi) is 3.97. The first-order valence-corrected chi connectivity index (χ1v) is 6.64. The van der Waals surface area contributed by atoms with Crippen molar-refractivity contribution in [1.82, 2.24) is 10.1 Å². The second kappa shape index (κ2) is 5.46. The first kappa shape index (κ1) is 11.6. The van der Waals surface area contributed by atoms with Crippen molar-refractivity contribution in [3.8, 4) is 0 Å². The Labute approximate surface area is 97.6 Å². The molecule has 1 aliphatic rings. The van der Waals surface area contributed by atoms with E-state index in [0.29, 0.717) is 11.8 Å². The van der Waals surface area contributed by atoms with E-state index in [4.69, 9.17) is 4.52 Å². The van der Waals surface area contributed by atoms with Crippen LogP contribution in [0.3, 0.4) is 0 Å². The van der Waals surface area contributed by atoms with Crippen LogP contribution in [0.4, 0.5) is 0 Å². The van der Waals surface area contributed by atoms with Crippen LogP contribution in [0.1, 0.15) is 82.3 Å². The summed E-state index contributed by atoms with van der Waals surface area (Å²) in [6.07, 6.45) is 8.88. The molecule has 90 valence electrons. The molecule has 3 nitrogen and oxygen atoms in total. The first-order valence-electron chi connectivity index (χ1n) is 6.64. The Hall–Kier alpha value is -0.860. The molecule has 0 saturated heterocycles. The predicted molar refractivity (Wildman–Crippen MR) is 63.4 cm³/mol. The second-order valence-electron chi connectivity index (χ2n) is 5.02. The standard InChI is InChI=1S/C13H22N2O/c1-3-4-5-6-7-10(2)13-14-12(15-16-13)11-8-9-11/h10-11H,3-9H2,1-2H3. The SMILES string of the molecule is CCCCCCC(C)c1nc(C2CC2)no1. The van der Waals surface area contributed by atoms with Crippen molar-refractivity contribution in [2.75, 3.05) is 0 Å². The molecule has 1 fully saturated rings. The molecule has 1 aromatic heterocycles. The third-order valence-corrected chi connectivity index (χ3v) is 3.31. The van der Waals surface area contributed by atoms with Crippen LogP contribution < -0.4 is 0 Å². The van der Waals surface area contributed by atoms with Gasteiger partial charge in [-0.2, -0.15) is 4.98 Å². The lowest BCUT2D eigenvalue weighted by atomic mass is 10.0. The number of hydrogen-bond acceptors (Lipinski definition) is 3. The minimum Gasteiger partial charge on any atom is -0.339 e. The van der Waals surface area contributed by atoms with Gasteiger partial charge in [-0.05, 0) is 19.3 Å². The Morgan fingerprint density at radius 1 is 1.31 bits per heavy atom. The average molecular weight is 222 g/mol. The van der Waals surface area contributed by atoms with Crippen LogP contribution in [0.2, 0.25) is 0 Å². The van der Waals surface area contributed by atoms with Gasteiger partial charge in [-0.1, -0.05) is 44.7 Å². The molecule has 1 heterocycles. The lowest BCUT2D eigenvalue weighted by Gasteiger charge is -2.05. The highest BCUT2D eigenvalue weighted by Gasteiger charge is 2.29. The summed E-state index contributed by atoms with van der Waals surface area (Å²) in [6.45, 7) is 4.43. The van der Waals surface area contributed by atoms with Crippen molar-refractivity contribution in [3.05, 3.63) is 11.7 Å². The van der Waals surface area contributed by atoms with Crippen LogP contribution in [-0.4, -0.2) is 10.1 Å². The van der Waals surface area contributed by atoms with Gasteiger partial charge in [0.15, 0.2) is 5.82 Å². The van der Waals surface area contributed by atoms with Crippen LogP contribution in [0.15, 0.2) is 4.52 Å². The third-order valence-electron chi connectivity index (χ3n) is 3.31. The highest BCUT2D eigenvalue weighted by atomic mass is 16.5. The highest BCUT2D eigenvalue weighted by molar-refractivity contribution is 5.04.